The Labute approximate surface area is 158 Å². The largest absolute Gasteiger partial charge is 0.323 e. The predicted octanol–water partition coefficient (Wildman–Crippen LogP) is 3.81. The van der Waals surface area contributed by atoms with Crippen LogP contribution < -0.4 is 5.73 Å². The summed E-state index contributed by atoms with van der Waals surface area (Å²) < 4.78 is 0. The second-order valence-electron chi connectivity index (χ2n) is 6.45. The Balaban J connectivity index is 2.03. The van der Waals surface area contributed by atoms with Crippen molar-refractivity contribution in [1.29, 1.82) is 0 Å². The van der Waals surface area contributed by atoms with Gasteiger partial charge < -0.3 is 10.6 Å². The number of nitrogens with two attached hydrogens (primary N) is 1. The maximum atomic E-state index is 6.41. The number of hydrogen-bond acceptors (Lipinski definition) is 5. The van der Waals surface area contributed by atoms with Crippen LogP contribution in [0.2, 0.25) is 5.02 Å². The summed E-state index contributed by atoms with van der Waals surface area (Å²) >= 11 is 6.01. The highest BCUT2D eigenvalue weighted by atomic mass is 35.5. The van der Waals surface area contributed by atoms with Crippen molar-refractivity contribution < 1.29 is 0 Å². The third kappa shape index (κ3) is 4.64. The van der Waals surface area contributed by atoms with Gasteiger partial charge in [0.25, 0.3) is 0 Å². The molecular formula is C20H22ClN5. The molecule has 2 heterocycles. The van der Waals surface area contributed by atoms with Gasteiger partial charge in [-0.3, -0.25) is 4.98 Å². The molecule has 3 rings (SSSR count). The van der Waals surface area contributed by atoms with Crippen molar-refractivity contribution in [3.05, 3.63) is 65.6 Å². The van der Waals surface area contributed by atoms with Crippen molar-refractivity contribution in [2.45, 2.75) is 12.5 Å². The summed E-state index contributed by atoms with van der Waals surface area (Å²) in [6, 6.07) is 13.2. The molecule has 2 aromatic heterocycles. The molecule has 0 spiro atoms. The lowest BCUT2D eigenvalue weighted by atomic mass is 10.1. The van der Waals surface area contributed by atoms with E-state index in [1.165, 1.54) is 0 Å². The molecule has 1 unspecified atom stereocenters. The van der Waals surface area contributed by atoms with Gasteiger partial charge in [0.2, 0.25) is 0 Å². The smallest absolute Gasteiger partial charge is 0.161 e. The molecule has 0 aliphatic rings. The van der Waals surface area contributed by atoms with Crippen LogP contribution in [0.4, 0.5) is 0 Å². The van der Waals surface area contributed by atoms with Gasteiger partial charge in [0, 0.05) is 34.6 Å². The van der Waals surface area contributed by atoms with Crippen LogP contribution in [0.1, 0.15) is 18.2 Å². The van der Waals surface area contributed by atoms with E-state index in [-0.39, 0.29) is 6.04 Å². The molecule has 26 heavy (non-hydrogen) atoms. The van der Waals surface area contributed by atoms with Crippen molar-refractivity contribution in [3.63, 3.8) is 0 Å². The van der Waals surface area contributed by atoms with Gasteiger partial charge in [-0.25, -0.2) is 9.97 Å². The fourth-order valence-electron chi connectivity index (χ4n) is 2.59. The van der Waals surface area contributed by atoms with Gasteiger partial charge in [-0.05, 0) is 57.4 Å². The maximum Gasteiger partial charge on any atom is 0.161 e. The van der Waals surface area contributed by atoms with Crippen molar-refractivity contribution >= 4 is 11.6 Å². The standard InChI is InChI=1S/C20H22ClN5/c1-26(2)11-9-17(22)19-12-18(14-5-7-16(21)8-6-14)24-20(25-19)15-4-3-10-23-13-15/h3-8,10,12-13,17H,9,11,22H2,1-2H3. The minimum Gasteiger partial charge on any atom is -0.323 e. The lowest BCUT2D eigenvalue weighted by Crippen LogP contribution is -2.21. The molecule has 0 saturated carbocycles. The molecule has 0 amide bonds. The molecule has 5 nitrogen and oxygen atoms in total. The summed E-state index contributed by atoms with van der Waals surface area (Å²) in [4.78, 5) is 15.7. The summed E-state index contributed by atoms with van der Waals surface area (Å²) in [7, 11) is 4.07. The lowest BCUT2D eigenvalue weighted by molar-refractivity contribution is 0.381. The maximum absolute atomic E-state index is 6.41. The second kappa shape index (κ2) is 8.36. The van der Waals surface area contributed by atoms with E-state index in [9.17, 15) is 0 Å². The number of nitrogens with zero attached hydrogens (tertiary/aromatic N) is 4. The Kier molecular flexibility index (Phi) is 5.93. The van der Waals surface area contributed by atoms with Gasteiger partial charge in [0.05, 0.1) is 11.4 Å². The van der Waals surface area contributed by atoms with E-state index >= 15 is 0 Å². The van der Waals surface area contributed by atoms with Gasteiger partial charge in [0.1, 0.15) is 0 Å². The monoisotopic (exact) mass is 367 g/mol. The Morgan fingerprint density at radius 3 is 2.50 bits per heavy atom. The quantitative estimate of drug-likeness (QED) is 0.717. The van der Waals surface area contributed by atoms with Crippen LogP contribution in [0, 0.1) is 0 Å². The third-order valence-corrected chi connectivity index (χ3v) is 4.32. The van der Waals surface area contributed by atoms with Gasteiger partial charge in [-0.2, -0.15) is 0 Å². The van der Waals surface area contributed by atoms with Crippen molar-refractivity contribution in [2.75, 3.05) is 20.6 Å². The van der Waals surface area contributed by atoms with Crippen LogP contribution in [0.25, 0.3) is 22.6 Å². The molecule has 134 valence electrons. The van der Waals surface area contributed by atoms with Crippen molar-refractivity contribution in [2.24, 2.45) is 5.73 Å². The average molecular weight is 368 g/mol. The van der Waals surface area contributed by atoms with Crippen LogP contribution in [0.3, 0.4) is 0 Å². The van der Waals surface area contributed by atoms with E-state index in [0.717, 1.165) is 35.5 Å². The van der Waals surface area contributed by atoms with Gasteiger partial charge in [0.15, 0.2) is 5.82 Å². The van der Waals surface area contributed by atoms with E-state index in [2.05, 4.69) is 9.88 Å². The van der Waals surface area contributed by atoms with E-state index in [4.69, 9.17) is 27.3 Å². The molecule has 0 fully saturated rings. The molecule has 1 atom stereocenters. The molecule has 0 saturated heterocycles. The first-order valence-corrected chi connectivity index (χ1v) is 8.86. The fraction of sp³-hybridized carbons (Fsp3) is 0.250. The molecule has 1 aromatic carbocycles. The first-order valence-electron chi connectivity index (χ1n) is 8.48. The van der Waals surface area contributed by atoms with Crippen LogP contribution >= 0.6 is 11.6 Å². The third-order valence-electron chi connectivity index (χ3n) is 4.07. The summed E-state index contributed by atoms with van der Waals surface area (Å²) in [5.74, 6) is 0.626. The van der Waals surface area contributed by atoms with E-state index in [0.29, 0.717) is 10.8 Å². The zero-order chi connectivity index (χ0) is 18.5. The van der Waals surface area contributed by atoms with Gasteiger partial charge >= 0.3 is 0 Å². The minimum absolute atomic E-state index is 0.165. The summed E-state index contributed by atoms with van der Waals surface area (Å²) in [5, 5.41) is 0.693. The Morgan fingerprint density at radius 1 is 1.08 bits per heavy atom. The van der Waals surface area contributed by atoms with E-state index < -0.39 is 0 Å². The average Bonchev–Trinajstić information content (AvgIpc) is 2.67. The number of halogens is 1. The van der Waals surface area contributed by atoms with Crippen LogP contribution in [0.5, 0.6) is 0 Å². The van der Waals surface area contributed by atoms with Crippen molar-refractivity contribution in [3.8, 4) is 22.6 Å². The van der Waals surface area contributed by atoms with Crippen LogP contribution in [0.15, 0.2) is 54.9 Å². The highest BCUT2D eigenvalue weighted by molar-refractivity contribution is 6.30. The number of pyridine rings is 1. The zero-order valence-electron chi connectivity index (χ0n) is 14.9. The molecular weight excluding hydrogens is 346 g/mol. The molecule has 0 aliphatic carbocycles. The molecule has 6 heteroatoms. The number of aromatic nitrogens is 3. The topological polar surface area (TPSA) is 67.9 Å². The molecule has 0 radical (unpaired) electrons. The highest BCUT2D eigenvalue weighted by Crippen LogP contribution is 2.26. The van der Waals surface area contributed by atoms with Gasteiger partial charge in [-0.15, -0.1) is 0 Å². The molecule has 0 aliphatic heterocycles. The van der Waals surface area contributed by atoms with Gasteiger partial charge in [-0.1, -0.05) is 23.7 Å². The summed E-state index contributed by atoms with van der Waals surface area (Å²) in [6.07, 6.45) is 4.31. The number of benzene rings is 1. The first kappa shape index (κ1) is 18.5. The SMILES string of the molecule is CN(C)CCC(N)c1cc(-c2ccc(Cl)cc2)nc(-c2cccnc2)n1. The van der Waals surface area contributed by atoms with Crippen LogP contribution in [-0.4, -0.2) is 40.5 Å². The summed E-state index contributed by atoms with van der Waals surface area (Å²) in [5.41, 5.74) is 9.90. The molecule has 2 N–H and O–H groups in total. The first-order chi connectivity index (χ1) is 12.5. The van der Waals surface area contributed by atoms with E-state index in [1.54, 1.807) is 12.4 Å². The number of rotatable bonds is 6. The normalized spacial score (nSPS) is 12.3. The Bertz CT molecular complexity index is 850. The highest BCUT2D eigenvalue weighted by Gasteiger charge is 2.14. The molecule has 0 bridgehead atoms. The molecule has 3 aromatic rings. The predicted molar refractivity (Wildman–Crippen MR) is 106 cm³/mol. The van der Waals surface area contributed by atoms with Crippen LogP contribution in [-0.2, 0) is 0 Å². The lowest BCUT2D eigenvalue weighted by Gasteiger charge is -2.16. The fourth-order valence-corrected chi connectivity index (χ4v) is 2.72. The van der Waals surface area contributed by atoms with E-state index in [1.807, 2.05) is 56.6 Å². The van der Waals surface area contributed by atoms with Crippen molar-refractivity contribution in [1.82, 2.24) is 19.9 Å². The minimum atomic E-state index is -0.165. The Morgan fingerprint density at radius 2 is 1.85 bits per heavy atom. The summed E-state index contributed by atoms with van der Waals surface area (Å²) in [6.45, 7) is 0.893. The number of hydrogen-bond donors (Lipinski definition) is 1. The Hall–Kier alpha value is -2.34. The second-order valence-corrected chi connectivity index (χ2v) is 6.89. The zero-order valence-corrected chi connectivity index (χ0v) is 15.7.